The molecule has 93 heavy (non-hydrogen) atoms. The molecule has 18 aromatic rings. The quantitative estimate of drug-likeness (QED) is 0.146. The van der Waals surface area contributed by atoms with Gasteiger partial charge in [0, 0.05) is 54.5 Å². The van der Waals surface area contributed by atoms with E-state index in [1.165, 1.54) is 87.6 Å². The van der Waals surface area contributed by atoms with Crippen molar-refractivity contribution in [1.82, 2.24) is 0 Å². The lowest BCUT2D eigenvalue weighted by Gasteiger charge is -2.26. The summed E-state index contributed by atoms with van der Waals surface area (Å²) in [7, 11) is 0. The van der Waals surface area contributed by atoms with Crippen molar-refractivity contribution in [2.24, 2.45) is 0 Å². The molecule has 5 heteroatoms. The lowest BCUT2D eigenvalue weighted by atomic mass is 9.86. The van der Waals surface area contributed by atoms with Crippen LogP contribution in [0.15, 0.2) is 365 Å². The van der Waals surface area contributed by atoms with Gasteiger partial charge < -0.3 is 19.1 Å². The lowest BCUT2D eigenvalue weighted by molar-refractivity contribution is 0.668. The van der Waals surface area contributed by atoms with Gasteiger partial charge in [0.15, 0.2) is 0 Å². The van der Waals surface area contributed by atoms with Gasteiger partial charge in [-0.3, -0.25) is 0 Å². The molecule has 0 bridgehead atoms. The molecule has 0 atom stereocenters. The largest absolute Gasteiger partial charge is 0.456 e. The third-order valence-electron chi connectivity index (χ3n) is 17.6. The van der Waals surface area contributed by atoms with Crippen LogP contribution >= 0.6 is 15.9 Å². The molecular weight excluding hydrogens is 1200 g/mol. The van der Waals surface area contributed by atoms with Crippen molar-refractivity contribution >= 4 is 131 Å². The lowest BCUT2D eigenvalue weighted by Crippen LogP contribution is -2.09. The average molecular weight is 1260 g/mol. The van der Waals surface area contributed by atoms with E-state index in [9.17, 15) is 0 Å². The second-order valence-corrected chi connectivity index (χ2v) is 24.1. The number of hydrogen-bond donors (Lipinski definition) is 1. The third-order valence-corrected chi connectivity index (χ3v) is 18.1. The van der Waals surface area contributed by atoms with E-state index >= 15 is 0 Å². The molecule has 4 nitrogen and oxygen atoms in total. The molecule has 0 saturated heterocycles. The zero-order valence-electron chi connectivity index (χ0n) is 50.6. The number of benzene rings is 16. The monoisotopic (exact) mass is 1250 g/mol. The van der Waals surface area contributed by atoms with Gasteiger partial charge in [0.25, 0.3) is 0 Å². The van der Waals surface area contributed by atoms with E-state index in [2.05, 4.69) is 317 Å². The predicted molar refractivity (Wildman–Crippen MR) is 398 cm³/mol. The van der Waals surface area contributed by atoms with Gasteiger partial charge in [0.2, 0.25) is 0 Å². The van der Waals surface area contributed by atoms with Gasteiger partial charge in [0.1, 0.15) is 22.3 Å². The van der Waals surface area contributed by atoms with Gasteiger partial charge in [-0.05, 0) is 185 Å². The highest BCUT2D eigenvalue weighted by atomic mass is 79.9. The first-order valence-corrected chi connectivity index (χ1v) is 32.2. The number of nitrogens with one attached hydrogen (secondary N) is 1. The second kappa shape index (κ2) is 24.9. The van der Waals surface area contributed by atoms with Crippen molar-refractivity contribution in [3.63, 3.8) is 0 Å². The molecule has 16 aromatic carbocycles. The van der Waals surface area contributed by atoms with Gasteiger partial charge in [-0.1, -0.05) is 271 Å². The highest BCUT2D eigenvalue weighted by Gasteiger charge is 2.20. The first-order chi connectivity index (χ1) is 46.1. The highest BCUT2D eigenvalue weighted by molar-refractivity contribution is 9.10. The standard InChI is InChI=1S/C44H29NO.C26H17Br.C18H13NO/c1-3-13-30(14-4-1)43-36-18-7-9-20-38(36)44(39-21-10-8-19-37(39)43)31-23-25-33(26-24-31)45(32-15-5-2-6-16-32)34-27-28-42-40(29-34)35-17-11-12-22-41(35)46-42;27-20-16-14-19(15-17-20)26-23-12-6-4-10-21(23)25(18-8-2-1-3-9-18)22-11-5-7-13-24(22)26;1-2-6-13(7-3-1)19-14-10-11-18-16(12-14)15-8-4-5-9-17(15)20-18/h1-29H;1-17H;1-12,19H. The summed E-state index contributed by atoms with van der Waals surface area (Å²) < 4.78 is 13.1. The molecule has 0 spiro atoms. The number of para-hydroxylation sites is 4. The summed E-state index contributed by atoms with van der Waals surface area (Å²) in [6.07, 6.45) is 0. The van der Waals surface area contributed by atoms with Crippen molar-refractivity contribution in [2.75, 3.05) is 10.2 Å². The molecule has 0 amide bonds. The van der Waals surface area contributed by atoms with Crippen molar-refractivity contribution in [3.8, 4) is 44.5 Å². The smallest absolute Gasteiger partial charge is 0.135 e. The second-order valence-electron chi connectivity index (χ2n) is 23.2. The van der Waals surface area contributed by atoms with Crippen molar-refractivity contribution < 1.29 is 8.83 Å². The predicted octanol–water partition coefficient (Wildman–Crippen LogP) is 26.1. The maximum atomic E-state index is 6.15. The van der Waals surface area contributed by atoms with Crippen molar-refractivity contribution in [3.05, 3.63) is 356 Å². The van der Waals surface area contributed by atoms with Crippen LogP contribution in [0.1, 0.15) is 0 Å². The summed E-state index contributed by atoms with van der Waals surface area (Å²) in [5.41, 5.74) is 19.2. The molecule has 0 aliphatic heterocycles. The van der Waals surface area contributed by atoms with Gasteiger partial charge in [-0.25, -0.2) is 0 Å². The Hall–Kier alpha value is -11.8. The Bertz CT molecular complexity index is 5600. The number of fused-ring (bicyclic) bond motifs is 10. The first kappa shape index (κ1) is 56.5. The molecule has 0 radical (unpaired) electrons. The molecule has 0 aliphatic carbocycles. The molecule has 18 rings (SSSR count). The summed E-state index contributed by atoms with van der Waals surface area (Å²) in [6, 6.07) is 124. The maximum Gasteiger partial charge on any atom is 0.135 e. The Labute approximate surface area is 547 Å². The maximum absolute atomic E-state index is 6.15. The first-order valence-electron chi connectivity index (χ1n) is 31.4. The van der Waals surface area contributed by atoms with Crippen molar-refractivity contribution in [2.45, 2.75) is 0 Å². The van der Waals surface area contributed by atoms with E-state index in [1.54, 1.807) is 0 Å². The molecule has 2 aromatic heterocycles. The fraction of sp³-hybridized carbons (Fsp3) is 0. The average Bonchev–Trinajstić information content (AvgIpc) is 1.58. The normalized spacial score (nSPS) is 11.3. The Balaban J connectivity index is 0.000000123. The fourth-order valence-electron chi connectivity index (χ4n) is 13.5. The van der Waals surface area contributed by atoms with Crippen LogP contribution in [0.25, 0.3) is 131 Å². The Morgan fingerprint density at radius 1 is 0.215 bits per heavy atom. The van der Waals surface area contributed by atoms with Crippen LogP contribution in [0, 0.1) is 0 Å². The molecule has 0 fully saturated rings. The van der Waals surface area contributed by atoms with E-state index in [0.29, 0.717) is 0 Å². The zero-order chi connectivity index (χ0) is 62.0. The van der Waals surface area contributed by atoms with Crippen LogP contribution in [0.5, 0.6) is 0 Å². The van der Waals surface area contributed by atoms with Gasteiger partial charge in [-0.2, -0.15) is 0 Å². The number of anilines is 5. The van der Waals surface area contributed by atoms with E-state index in [-0.39, 0.29) is 0 Å². The van der Waals surface area contributed by atoms with Gasteiger partial charge in [-0.15, -0.1) is 0 Å². The number of hydrogen-bond acceptors (Lipinski definition) is 4. The molecule has 1 N–H and O–H groups in total. The number of furan rings is 2. The summed E-state index contributed by atoms with van der Waals surface area (Å²) in [4.78, 5) is 2.32. The topological polar surface area (TPSA) is 41.6 Å². The third kappa shape index (κ3) is 10.9. The minimum atomic E-state index is 0.894. The van der Waals surface area contributed by atoms with Crippen molar-refractivity contribution in [1.29, 1.82) is 0 Å². The van der Waals surface area contributed by atoms with Crippen LogP contribution in [0.4, 0.5) is 28.4 Å². The Kier molecular flexibility index (Phi) is 15.1. The minimum absolute atomic E-state index is 0.894. The van der Waals surface area contributed by atoms with Crippen LogP contribution < -0.4 is 10.2 Å². The summed E-state index contributed by atoms with van der Waals surface area (Å²) in [5.74, 6) is 0. The van der Waals surface area contributed by atoms with E-state index in [1.807, 2.05) is 60.7 Å². The molecule has 0 saturated carbocycles. The van der Waals surface area contributed by atoms with Crippen LogP contribution in [-0.2, 0) is 0 Å². The molecule has 0 aliphatic rings. The van der Waals surface area contributed by atoms with Crippen LogP contribution in [0.2, 0.25) is 0 Å². The van der Waals surface area contributed by atoms with E-state index < -0.39 is 0 Å². The molecule has 440 valence electrons. The van der Waals surface area contributed by atoms with Gasteiger partial charge >= 0.3 is 0 Å². The number of nitrogens with zero attached hydrogens (tertiary/aromatic N) is 1. The summed E-state index contributed by atoms with van der Waals surface area (Å²) >= 11 is 3.56. The Morgan fingerprint density at radius 2 is 0.516 bits per heavy atom. The number of rotatable bonds is 9. The molecule has 0 unspecified atom stereocenters. The zero-order valence-corrected chi connectivity index (χ0v) is 52.2. The highest BCUT2D eigenvalue weighted by Crippen LogP contribution is 2.47. The van der Waals surface area contributed by atoms with E-state index in [0.717, 1.165) is 76.8 Å². The van der Waals surface area contributed by atoms with E-state index in [4.69, 9.17) is 8.83 Å². The van der Waals surface area contributed by atoms with Crippen LogP contribution in [0.3, 0.4) is 0 Å². The SMILES string of the molecule is Brc1ccc(-c2c3ccccc3c(-c3ccccc3)c3ccccc23)cc1.c1ccc(-c2c3ccccc3c(-c3ccc(N(c4ccccc4)c4ccc5oc6ccccc6c5c4)cc3)c3ccccc23)cc1.c1ccc(Nc2ccc3oc4ccccc4c3c2)cc1. The minimum Gasteiger partial charge on any atom is -0.456 e. The summed E-state index contributed by atoms with van der Waals surface area (Å²) in [5, 5.41) is 18.1. The molecular formula is C88H59BrN2O2. The fourth-order valence-corrected chi connectivity index (χ4v) is 13.7. The van der Waals surface area contributed by atoms with Gasteiger partial charge in [0.05, 0.1) is 0 Å². The Morgan fingerprint density at radius 3 is 0.946 bits per heavy atom. The summed E-state index contributed by atoms with van der Waals surface area (Å²) in [6.45, 7) is 0. The molecule has 2 heterocycles. The van der Waals surface area contributed by atoms with Crippen LogP contribution in [-0.4, -0.2) is 0 Å². The number of halogens is 1.